The number of nitrogens with zero attached hydrogens (tertiary/aromatic N) is 2. The van der Waals surface area contributed by atoms with Crippen molar-refractivity contribution < 1.29 is 14.3 Å². The predicted octanol–water partition coefficient (Wildman–Crippen LogP) is 4.46. The van der Waals surface area contributed by atoms with Gasteiger partial charge in [-0.15, -0.1) is 0 Å². The normalized spacial score (nSPS) is 18.0. The Balaban J connectivity index is 1.90. The molecular formula is C22H30N2O3. The van der Waals surface area contributed by atoms with E-state index in [1.165, 1.54) is 0 Å². The van der Waals surface area contributed by atoms with E-state index in [0.29, 0.717) is 5.92 Å². The maximum absolute atomic E-state index is 13.5. The Hall–Kier alpha value is -2.43. The van der Waals surface area contributed by atoms with Gasteiger partial charge in [0.1, 0.15) is 17.5 Å². The molecule has 3 rings (SSSR count). The molecule has 1 aromatic heterocycles. The van der Waals surface area contributed by atoms with E-state index in [1.54, 1.807) is 14.2 Å². The predicted molar refractivity (Wildman–Crippen MR) is 106 cm³/mol. The fraction of sp³-hybridized carbons (Fsp3) is 0.500. The van der Waals surface area contributed by atoms with Crippen molar-refractivity contribution in [3.05, 3.63) is 48.3 Å². The maximum atomic E-state index is 13.5. The lowest BCUT2D eigenvalue weighted by molar-refractivity contribution is -0.136. The van der Waals surface area contributed by atoms with Crippen molar-refractivity contribution in [3.8, 4) is 11.5 Å². The molecule has 27 heavy (non-hydrogen) atoms. The third-order valence-electron chi connectivity index (χ3n) is 5.30. The second-order valence-corrected chi connectivity index (χ2v) is 7.57. The second-order valence-electron chi connectivity index (χ2n) is 7.57. The van der Waals surface area contributed by atoms with Crippen LogP contribution in [0.5, 0.6) is 11.5 Å². The summed E-state index contributed by atoms with van der Waals surface area (Å²) in [4.78, 5) is 15.6. The Bertz CT molecular complexity index is 755. The van der Waals surface area contributed by atoms with Gasteiger partial charge in [-0.3, -0.25) is 4.79 Å². The summed E-state index contributed by atoms with van der Waals surface area (Å²) >= 11 is 0. The van der Waals surface area contributed by atoms with Gasteiger partial charge in [-0.1, -0.05) is 13.8 Å². The zero-order chi connectivity index (χ0) is 19.4. The number of hydrogen-bond donors (Lipinski definition) is 0. The zero-order valence-electron chi connectivity index (χ0n) is 16.7. The monoisotopic (exact) mass is 370 g/mol. The number of benzene rings is 1. The minimum Gasteiger partial charge on any atom is -0.497 e. The minimum atomic E-state index is -0.162. The van der Waals surface area contributed by atoms with Gasteiger partial charge in [0, 0.05) is 30.6 Å². The molecule has 0 bridgehead atoms. The molecule has 5 nitrogen and oxygen atoms in total. The summed E-state index contributed by atoms with van der Waals surface area (Å²) < 4.78 is 13.0. The largest absolute Gasteiger partial charge is 0.497 e. The van der Waals surface area contributed by atoms with Crippen molar-refractivity contribution in [3.63, 3.8) is 0 Å². The van der Waals surface area contributed by atoms with Gasteiger partial charge in [0.05, 0.1) is 20.3 Å². The topological polar surface area (TPSA) is 43.7 Å². The second kappa shape index (κ2) is 8.51. The molecule has 1 fully saturated rings. The van der Waals surface area contributed by atoms with E-state index in [-0.39, 0.29) is 18.0 Å². The third kappa shape index (κ3) is 4.12. The fourth-order valence-corrected chi connectivity index (χ4v) is 3.99. The zero-order valence-corrected chi connectivity index (χ0v) is 16.7. The van der Waals surface area contributed by atoms with Crippen molar-refractivity contribution >= 4 is 5.91 Å². The Morgan fingerprint density at radius 2 is 1.93 bits per heavy atom. The van der Waals surface area contributed by atoms with Crippen LogP contribution < -0.4 is 9.47 Å². The summed E-state index contributed by atoms with van der Waals surface area (Å²) in [5.74, 6) is 2.18. The summed E-state index contributed by atoms with van der Waals surface area (Å²) in [6.45, 7) is 5.12. The molecule has 1 aliphatic heterocycles. The van der Waals surface area contributed by atoms with Gasteiger partial charge in [0.15, 0.2) is 0 Å². The Morgan fingerprint density at radius 1 is 1.19 bits per heavy atom. The molecule has 146 valence electrons. The average molecular weight is 370 g/mol. The first-order chi connectivity index (χ1) is 13.0. The van der Waals surface area contributed by atoms with Gasteiger partial charge in [0.25, 0.3) is 0 Å². The summed E-state index contributed by atoms with van der Waals surface area (Å²) in [6.07, 6.45) is 6.77. The highest BCUT2D eigenvalue weighted by Crippen LogP contribution is 2.40. The summed E-state index contributed by atoms with van der Waals surface area (Å²) in [6, 6.07) is 9.71. The van der Waals surface area contributed by atoms with Crippen LogP contribution in [0, 0.1) is 5.92 Å². The molecule has 2 atom stereocenters. The molecule has 0 unspecified atom stereocenters. The molecule has 2 heterocycles. The Morgan fingerprint density at radius 3 is 2.56 bits per heavy atom. The van der Waals surface area contributed by atoms with Gasteiger partial charge >= 0.3 is 0 Å². The highest BCUT2D eigenvalue weighted by molar-refractivity contribution is 5.81. The fourth-order valence-electron chi connectivity index (χ4n) is 3.99. The SMILES string of the molecule is COc1ccc([C@H]2CCCN2C(=O)[C@@H](CC(C)C)n2cccc2)c(OC)c1. The number of aromatic nitrogens is 1. The van der Waals surface area contributed by atoms with E-state index >= 15 is 0 Å². The van der Waals surface area contributed by atoms with Crippen LogP contribution in [-0.4, -0.2) is 36.1 Å². The van der Waals surface area contributed by atoms with E-state index in [0.717, 1.165) is 42.9 Å². The molecule has 5 heteroatoms. The highest BCUT2D eigenvalue weighted by atomic mass is 16.5. The quantitative estimate of drug-likeness (QED) is 0.723. The molecule has 0 spiro atoms. The number of amides is 1. The lowest BCUT2D eigenvalue weighted by Crippen LogP contribution is -2.37. The number of hydrogen-bond acceptors (Lipinski definition) is 3. The molecular weight excluding hydrogens is 340 g/mol. The van der Waals surface area contributed by atoms with Gasteiger partial charge in [0.2, 0.25) is 5.91 Å². The Labute approximate surface area is 161 Å². The maximum Gasteiger partial charge on any atom is 0.246 e. The number of ether oxygens (including phenoxy) is 2. The molecule has 1 aliphatic rings. The number of methoxy groups -OCH3 is 2. The number of carbonyl (C=O) groups is 1. The van der Waals surface area contributed by atoms with E-state index in [9.17, 15) is 4.79 Å². The van der Waals surface area contributed by atoms with Crippen LogP contribution in [0.2, 0.25) is 0 Å². The molecule has 1 aromatic carbocycles. The highest BCUT2D eigenvalue weighted by Gasteiger charge is 2.36. The molecule has 0 radical (unpaired) electrons. The molecule has 0 N–H and O–H groups in total. The van der Waals surface area contributed by atoms with Gasteiger partial charge < -0.3 is 18.9 Å². The first-order valence-electron chi connectivity index (χ1n) is 9.70. The molecule has 2 aromatic rings. The van der Waals surface area contributed by atoms with Crippen LogP contribution in [0.15, 0.2) is 42.7 Å². The molecule has 0 saturated carbocycles. The summed E-state index contributed by atoms with van der Waals surface area (Å²) in [5, 5.41) is 0. The van der Waals surface area contributed by atoms with Crippen molar-refractivity contribution in [1.82, 2.24) is 9.47 Å². The van der Waals surface area contributed by atoms with E-state index < -0.39 is 0 Å². The van der Waals surface area contributed by atoms with Gasteiger partial charge in [-0.25, -0.2) is 0 Å². The first kappa shape index (κ1) is 19.3. The van der Waals surface area contributed by atoms with Crippen molar-refractivity contribution in [2.75, 3.05) is 20.8 Å². The van der Waals surface area contributed by atoms with Gasteiger partial charge in [-0.2, -0.15) is 0 Å². The molecule has 0 aliphatic carbocycles. The van der Waals surface area contributed by atoms with Crippen molar-refractivity contribution in [2.45, 2.75) is 45.2 Å². The van der Waals surface area contributed by atoms with E-state index in [2.05, 4.69) is 13.8 Å². The lowest BCUT2D eigenvalue weighted by atomic mass is 9.99. The van der Waals surface area contributed by atoms with E-state index in [1.807, 2.05) is 52.2 Å². The molecule has 1 saturated heterocycles. The minimum absolute atomic E-state index is 0.0450. The first-order valence-corrected chi connectivity index (χ1v) is 9.70. The van der Waals surface area contributed by atoms with Crippen molar-refractivity contribution in [2.24, 2.45) is 5.92 Å². The third-order valence-corrected chi connectivity index (χ3v) is 5.30. The van der Waals surface area contributed by atoms with Crippen LogP contribution in [0.1, 0.15) is 50.8 Å². The van der Waals surface area contributed by atoms with Crippen LogP contribution in [0.25, 0.3) is 0 Å². The summed E-state index contributed by atoms with van der Waals surface area (Å²) in [5.41, 5.74) is 1.06. The summed E-state index contributed by atoms with van der Waals surface area (Å²) in [7, 11) is 3.31. The van der Waals surface area contributed by atoms with Crippen LogP contribution >= 0.6 is 0 Å². The van der Waals surface area contributed by atoms with Crippen LogP contribution in [-0.2, 0) is 4.79 Å². The molecule has 1 amide bonds. The number of carbonyl (C=O) groups excluding carboxylic acids is 1. The van der Waals surface area contributed by atoms with E-state index in [4.69, 9.17) is 9.47 Å². The van der Waals surface area contributed by atoms with Gasteiger partial charge in [-0.05, 0) is 49.4 Å². The standard InChI is InChI=1S/C22H30N2O3/c1-16(2)14-20(23-11-5-6-12-23)22(25)24-13-7-8-19(24)18-10-9-17(26-3)15-21(18)27-4/h5-6,9-12,15-16,19-20H,7-8,13-14H2,1-4H3/t19-,20-/m1/s1. The van der Waals surface area contributed by atoms with Crippen LogP contribution in [0.3, 0.4) is 0 Å². The van der Waals surface area contributed by atoms with Crippen molar-refractivity contribution in [1.29, 1.82) is 0 Å². The van der Waals surface area contributed by atoms with Crippen LogP contribution in [0.4, 0.5) is 0 Å². The number of rotatable bonds is 7. The smallest absolute Gasteiger partial charge is 0.246 e. The average Bonchev–Trinajstić information content (AvgIpc) is 3.36. The lowest BCUT2D eigenvalue weighted by Gasteiger charge is -2.31. The Kier molecular flexibility index (Phi) is 6.09. The number of likely N-dealkylation sites (tertiary alicyclic amines) is 1.